The van der Waals surface area contributed by atoms with E-state index in [0.29, 0.717) is 17.9 Å². The van der Waals surface area contributed by atoms with Crippen LogP contribution in [0.4, 0.5) is 18.9 Å². The van der Waals surface area contributed by atoms with Crippen molar-refractivity contribution in [3.63, 3.8) is 0 Å². The Balaban J connectivity index is 1.89. The fourth-order valence-corrected chi connectivity index (χ4v) is 3.73. The standard InChI is InChI=1S/C25H18F3NO4/c1-2-33-18-10-5-15(6-11-18)23(30)21-22(14-3-7-16(26)8-4-14)29(25(32)24(21)31)17-9-12-19(27)20(28)13-17/h3-13,22,30H,2H2,1H3/b23-21+. The maximum atomic E-state index is 13.9. The van der Waals surface area contributed by atoms with Gasteiger partial charge in [-0.15, -0.1) is 0 Å². The summed E-state index contributed by atoms with van der Waals surface area (Å²) in [5.41, 5.74) is 0.193. The summed E-state index contributed by atoms with van der Waals surface area (Å²) in [5.74, 6) is -4.85. The number of Topliss-reactive ketones (excluding diaryl/α,β-unsaturated/α-hetero) is 1. The monoisotopic (exact) mass is 453 g/mol. The predicted molar refractivity (Wildman–Crippen MR) is 115 cm³/mol. The number of anilines is 1. The average molecular weight is 453 g/mol. The van der Waals surface area contributed by atoms with E-state index in [-0.39, 0.29) is 16.8 Å². The molecule has 8 heteroatoms. The molecule has 168 valence electrons. The highest BCUT2D eigenvalue weighted by Gasteiger charge is 2.47. The fourth-order valence-electron chi connectivity index (χ4n) is 3.73. The van der Waals surface area contributed by atoms with E-state index in [9.17, 15) is 27.9 Å². The van der Waals surface area contributed by atoms with Crippen LogP contribution in [0.2, 0.25) is 0 Å². The molecule has 1 unspecified atom stereocenters. The largest absolute Gasteiger partial charge is 0.507 e. The first-order valence-electron chi connectivity index (χ1n) is 10.1. The van der Waals surface area contributed by atoms with E-state index in [4.69, 9.17) is 4.74 Å². The van der Waals surface area contributed by atoms with Crippen LogP contribution in [-0.2, 0) is 9.59 Å². The third-order valence-electron chi connectivity index (χ3n) is 5.25. The van der Waals surface area contributed by atoms with Crippen LogP contribution in [0.15, 0.2) is 72.3 Å². The summed E-state index contributed by atoms with van der Waals surface area (Å²) < 4.78 is 46.4. The Morgan fingerprint density at radius 3 is 2.21 bits per heavy atom. The number of hydrogen-bond donors (Lipinski definition) is 1. The second kappa shape index (κ2) is 8.82. The number of carbonyl (C=O) groups excluding carboxylic acids is 2. The lowest BCUT2D eigenvalue weighted by Gasteiger charge is -2.25. The predicted octanol–water partition coefficient (Wildman–Crippen LogP) is 5.13. The number of ketones is 1. The van der Waals surface area contributed by atoms with Crippen LogP contribution in [0, 0.1) is 17.5 Å². The van der Waals surface area contributed by atoms with E-state index in [2.05, 4.69) is 0 Å². The number of halogens is 3. The van der Waals surface area contributed by atoms with E-state index < -0.39 is 40.9 Å². The van der Waals surface area contributed by atoms with Crippen LogP contribution in [-0.4, -0.2) is 23.4 Å². The highest BCUT2D eigenvalue weighted by molar-refractivity contribution is 6.51. The molecule has 3 aromatic rings. The van der Waals surface area contributed by atoms with Gasteiger partial charge in [0, 0.05) is 17.3 Å². The second-order valence-electron chi connectivity index (χ2n) is 7.28. The molecular weight excluding hydrogens is 435 g/mol. The van der Waals surface area contributed by atoms with Crippen molar-refractivity contribution in [3.8, 4) is 5.75 Å². The lowest BCUT2D eigenvalue weighted by atomic mass is 9.95. The topological polar surface area (TPSA) is 66.8 Å². The van der Waals surface area contributed by atoms with Gasteiger partial charge in [0.25, 0.3) is 11.7 Å². The minimum absolute atomic E-state index is 0.0870. The van der Waals surface area contributed by atoms with Gasteiger partial charge in [-0.2, -0.15) is 0 Å². The quantitative estimate of drug-likeness (QED) is 0.331. The summed E-state index contributed by atoms with van der Waals surface area (Å²) in [6, 6.07) is 12.8. The third kappa shape index (κ3) is 4.07. The number of hydrogen-bond acceptors (Lipinski definition) is 4. The zero-order chi connectivity index (χ0) is 23.7. The molecule has 1 fully saturated rings. The maximum absolute atomic E-state index is 13.9. The average Bonchev–Trinajstić information content (AvgIpc) is 3.07. The molecule has 1 saturated heterocycles. The van der Waals surface area contributed by atoms with Crippen LogP contribution in [0.25, 0.3) is 5.76 Å². The van der Waals surface area contributed by atoms with Gasteiger partial charge in [-0.25, -0.2) is 13.2 Å². The minimum atomic E-state index is -1.21. The van der Waals surface area contributed by atoms with E-state index in [1.807, 2.05) is 6.92 Å². The second-order valence-corrected chi connectivity index (χ2v) is 7.28. The van der Waals surface area contributed by atoms with Crippen LogP contribution in [0.1, 0.15) is 24.1 Å². The molecule has 1 amide bonds. The van der Waals surface area contributed by atoms with Gasteiger partial charge in [0.15, 0.2) is 11.6 Å². The zero-order valence-corrected chi connectivity index (χ0v) is 17.4. The van der Waals surface area contributed by atoms with Crippen molar-refractivity contribution < 1.29 is 32.6 Å². The summed E-state index contributed by atoms with van der Waals surface area (Å²) in [6.07, 6.45) is 0. The van der Waals surface area contributed by atoms with E-state index in [1.165, 1.54) is 24.3 Å². The molecule has 1 atom stereocenters. The van der Waals surface area contributed by atoms with Crippen LogP contribution in [0.3, 0.4) is 0 Å². The molecule has 0 bridgehead atoms. The van der Waals surface area contributed by atoms with Crippen molar-refractivity contribution in [2.45, 2.75) is 13.0 Å². The van der Waals surface area contributed by atoms with Crippen molar-refractivity contribution in [3.05, 3.63) is 101 Å². The van der Waals surface area contributed by atoms with Gasteiger partial charge in [0.1, 0.15) is 17.3 Å². The molecule has 1 heterocycles. The van der Waals surface area contributed by atoms with Gasteiger partial charge in [-0.05, 0) is 61.0 Å². The highest BCUT2D eigenvalue weighted by atomic mass is 19.2. The Hall–Kier alpha value is -4.07. The number of carbonyl (C=O) groups is 2. The van der Waals surface area contributed by atoms with Gasteiger partial charge in [-0.1, -0.05) is 12.1 Å². The van der Waals surface area contributed by atoms with E-state index in [0.717, 1.165) is 35.2 Å². The van der Waals surface area contributed by atoms with Crippen molar-refractivity contribution >= 4 is 23.1 Å². The molecule has 0 saturated carbocycles. The van der Waals surface area contributed by atoms with Crippen LogP contribution < -0.4 is 9.64 Å². The van der Waals surface area contributed by atoms with Crippen molar-refractivity contribution in [2.24, 2.45) is 0 Å². The molecule has 0 aromatic heterocycles. The fraction of sp³-hybridized carbons (Fsp3) is 0.120. The molecule has 3 aromatic carbocycles. The number of amides is 1. The minimum Gasteiger partial charge on any atom is -0.507 e. The first-order valence-corrected chi connectivity index (χ1v) is 10.1. The highest BCUT2D eigenvalue weighted by Crippen LogP contribution is 2.42. The first-order chi connectivity index (χ1) is 15.8. The Labute approximate surface area is 187 Å². The molecule has 4 rings (SSSR count). The third-order valence-corrected chi connectivity index (χ3v) is 5.25. The molecular formula is C25H18F3NO4. The normalized spacial score (nSPS) is 17.5. The summed E-state index contributed by atoms with van der Waals surface area (Å²) in [5, 5.41) is 11.0. The molecule has 0 aliphatic carbocycles. The summed E-state index contributed by atoms with van der Waals surface area (Å²) in [7, 11) is 0. The van der Waals surface area contributed by atoms with Crippen molar-refractivity contribution in [1.29, 1.82) is 0 Å². The number of benzene rings is 3. The molecule has 1 aliphatic heterocycles. The number of nitrogens with zero attached hydrogens (tertiary/aromatic N) is 1. The van der Waals surface area contributed by atoms with E-state index >= 15 is 0 Å². The molecule has 5 nitrogen and oxygen atoms in total. The number of aliphatic hydroxyl groups is 1. The smallest absolute Gasteiger partial charge is 0.300 e. The Morgan fingerprint density at radius 2 is 1.61 bits per heavy atom. The molecule has 1 N–H and O–H groups in total. The summed E-state index contributed by atoms with van der Waals surface area (Å²) >= 11 is 0. The molecule has 0 radical (unpaired) electrons. The van der Waals surface area contributed by atoms with Crippen molar-refractivity contribution in [2.75, 3.05) is 11.5 Å². The molecule has 0 spiro atoms. The van der Waals surface area contributed by atoms with Gasteiger partial charge in [-0.3, -0.25) is 14.5 Å². The number of aliphatic hydroxyl groups excluding tert-OH is 1. The Morgan fingerprint density at radius 1 is 0.939 bits per heavy atom. The Kier molecular flexibility index (Phi) is 5.91. The van der Waals surface area contributed by atoms with Gasteiger partial charge in [0.05, 0.1) is 18.2 Å². The maximum Gasteiger partial charge on any atom is 0.300 e. The molecule has 33 heavy (non-hydrogen) atoms. The number of rotatable bonds is 5. The SMILES string of the molecule is CCOc1ccc(/C(O)=C2\C(=O)C(=O)N(c3ccc(F)c(F)c3)C2c2ccc(F)cc2)cc1. The zero-order valence-electron chi connectivity index (χ0n) is 17.4. The first kappa shape index (κ1) is 22.1. The Bertz CT molecular complexity index is 1250. The number of ether oxygens (including phenoxy) is 1. The lowest BCUT2D eigenvalue weighted by molar-refractivity contribution is -0.132. The van der Waals surface area contributed by atoms with E-state index in [1.54, 1.807) is 12.1 Å². The van der Waals surface area contributed by atoms with Crippen LogP contribution >= 0.6 is 0 Å². The van der Waals surface area contributed by atoms with Gasteiger partial charge in [0.2, 0.25) is 0 Å². The summed E-state index contributed by atoms with van der Waals surface area (Å²) in [6.45, 7) is 2.26. The van der Waals surface area contributed by atoms with Gasteiger partial charge >= 0.3 is 0 Å². The van der Waals surface area contributed by atoms with Gasteiger partial charge < -0.3 is 9.84 Å². The molecule has 1 aliphatic rings. The summed E-state index contributed by atoms with van der Waals surface area (Å²) in [4.78, 5) is 26.9. The lowest BCUT2D eigenvalue weighted by Crippen LogP contribution is -2.29. The van der Waals surface area contributed by atoms with Crippen molar-refractivity contribution in [1.82, 2.24) is 0 Å². The van der Waals surface area contributed by atoms with Crippen LogP contribution in [0.5, 0.6) is 5.75 Å².